The Kier molecular flexibility index (Phi) is 5.33. The molecule has 0 aliphatic heterocycles. The van der Waals surface area contributed by atoms with E-state index in [0.29, 0.717) is 12.3 Å². The normalized spacial score (nSPS) is 12.1. The number of amides is 1. The molecule has 0 aliphatic carbocycles. The number of hydrogen-bond acceptors (Lipinski definition) is 3. The molecule has 2 aromatic rings. The second-order valence-corrected chi connectivity index (χ2v) is 6.20. The van der Waals surface area contributed by atoms with E-state index >= 15 is 0 Å². The van der Waals surface area contributed by atoms with Gasteiger partial charge in [0.05, 0.1) is 16.6 Å². The fraction of sp³-hybridized carbons (Fsp3) is 0.312. The maximum absolute atomic E-state index is 12.3. The molecule has 21 heavy (non-hydrogen) atoms. The van der Waals surface area contributed by atoms with Crippen LogP contribution in [0.4, 0.5) is 0 Å². The fourth-order valence-electron chi connectivity index (χ4n) is 1.92. The predicted molar refractivity (Wildman–Crippen MR) is 82.6 cm³/mol. The van der Waals surface area contributed by atoms with Gasteiger partial charge in [-0.2, -0.15) is 0 Å². The summed E-state index contributed by atoms with van der Waals surface area (Å²) >= 11 is 0. The van der Waals surface area contributed by atoms with Gasteiger partial charge in [0.15, 0.2) is 5.76 Å². The van der Waals surface area contributed by atoms with Crippen molar-refractivity contribution in [2.24, 2.45) is 0 Å². The van der Waals surface area contributed by atoms with Gasteiger partial charge >= 0.3 is 0 Å². The number of carbonyl (C=O) groups excluding carboxylic acids is 1. The van der Waals surface area contributed by atoms with Crippen LogP contribution in [-0.4, -0.2) is 16.7 Å². The summed E-state index contributed by atoms with van der Waals surface area (Å²) in [6, 6.07) is 10.9. The molecule has 1 amide bonds. The molecule has 0 unspecified atom stereocenters. The summed E-state index contributed by atoms with van der Waals surface area (Å²) in [5.41, 5.74) is 0.989. The minimum absolute atomic E-state index is 0.232. The molecule has 5 heteroatoms. The highest BCUT2D eigenvalue weighted by Gasteiger charge is 2.14. The van der Waals surface area contributed by atoms with Crippen molar-refractivity contribution in [1.82, 2.24) is 5.32 Å². The molecule has 4 nitrogen and oxygen atoms in total. The van der Waals surface area contributed by atoms with Gasteiger partial charge in [0.2, 0.25) is 0 Å². The lowest BCUT2D eigenvalue weighted by Gasteiger charge is -2.04. The number of carbonyl (C=O) groups is 1. The monoisotopic (exact) mass is 305 g/mol. The summed E-state index contributed by atoms with van der Waals surface area (Å²) in [5.74, 6) is 0.856. The maximum atomic E-state index is 12.3. The molecule has 0 bridgehead atoms. The summed E-state index contributed by atoms with van der Waals surface area (Å²) in [7, 11) is -1.18. The largest absolute Gasteiger partial charge is 0.455 e. The Labute approximate surface area is 127 Å². The van der Waals surface area contributed by atoms with Gasteiger partial charge in [0.25, 0.3) is 5.91 Å². The topological polar surface area (TPSA) is 59.3 Å². The molecule has 0 radical (unpaired) electrons. The van der Waals surface area contributed by atoms with Crippen LogP contribution in [0.25, 0.3) is 0 Å². The molecule has 1 atom stereocenters. The standard InChI is InChI=1S/C16H19NO3S/c1-3-10-17-16(18)14-9-8-13(20-14)11-21(19)15-7-5-4-6-12(15)2/h4-9H,3,10-11H2,1-2H3,(H,17,18)/t21-/m1/s1. The first kappa shape index (κ1) is 15.5. The van der Waals surface area contributed by atoms with E-state index in [2.05, 4.69) is 5.32 Å². The van der Waals surface area contributed by atoms with E-state index in [1.54, 1.807) is 12.1 Å². The van der Waals surface area contributed by atoms with Gasteiger partial charge in [-0.3, -0.25) is 9.00 Å². The molecule has 0 fully saturated rings. The van der Waals surface area contributed by atoms with Crippen LogP contribution in [0, 0.1) is 6.92 Å². The van der Waals surface area contributed by atoms with E-state index in [9.17, 15) is 9.00 Å². The second-order valence-electron chi connectivity index (χ2n) is 4.78. The van der Waals surface area contributed by atoms with Crippen LogP contribution in [-0.2, 0) is 16.6 Å². The van der Waals surface area contributed by atoms with Gasteiger partial charge in [0, 0.05) is 11.4 Å². The van der Waals surface area contributed by atoms with Crippen molar-refractivity contribution in [3.8, 4) is 0 Å². The molecule has 1 aromatic heterocycles. The quantitative estimate of drug-likeness (QED) is 0.892. The Bertz CT molecular complexity index is 648. The summed E-state index contributed by atoms with van der Waals surface area (Å²) in [6.07, 6.45) is 0.872. The van der Waals surface area contributed by atoms with Gasteiger partial charge in [-0.1, -0.05) is 25.1 Å². The molecule has 0 aliphatic rings. The smallest absolute Gasteiger partial charge is 0.286 e. The minimum Gasteiger partial charge on any atom is -0.455 e. The lowest BCUT2D eigenvalue weighted by molar-refractivity contribution is 0.0924. The van der Waals surface area contributed by atoms with Crippen molar-refractivity contribution in [2.75, 3.05) is 6.54 Å². The molecule has 1 N–H and O–H groups in total. The Hall–Kier alpha value is -1.88. The molecule has 0 saturated heterocycles. The van der Waals surface area contributed by atoms with Crippen molar-refractivity contribution in [1.29, 1.82) is 0 Å². The molecular weight excluding hydrogens is 286 g/mol. The van der Waals surface area contributed by atoms with Crippen molar-refractivity contribution < 1.29 is 13.4 Å². The van der Waals surface area contributed by atoms with Crippen molar-refractivity contribution in [3.05, 3.63) is 53.5 Å². The highest BCUT2D eigenvalue weighted by Crippen LogP contribution is 2.17. The first-order valence-corrected chi connectivity index (χ1v) is 8.24. The Balaban J connectivity index is 2.04. The van der Waals surface area contributed by atoms with E-state index in [4.69, 9.17) is 4.42 Å². The highest BCUT2D eigenvalue weighted by atomic mass is 32.2. The Morgan fingerprint density at radius 2 is 2.00 bits per heavy atom. The third kappa shape index (κ3) is 4.04. The number of benzene rings is 1. The third-order valence-electron chi connectivity index (χ3n) is 3.03. The van der Waals surface area contributed by atoms with Gasteiger partial charge in [0.1, 0.15) is 5.76 Å². The van der Waals surface area contributed by atoms with Crippen molar-refractivity contribution in [2.45, 2.75) is 30.9 Å². The molecule has 1 aromatic carbocycles. The molecule has 112 valence electrons. The first-order chi connectivity index (χ1) is 10.1. The van der Waals surface area contributed by atoms with Gasteiger partial charge in [-0.25, -0.2) is 0 Å². The Morgan fingerprint density at radius 3 is 2.71 bits per heavy atom. The molecule has 2 rings (SSSR count). The van der Waals surface area contributed by atoms with Crippen molar-refractivity contribution >= 4 is 16.7 Å². The van der Waals surface area contributed by atoms with Crippen molar-refractivity contribution in [3.63, 3.8) is 0 Å². The zero-order chi connectivity index (χ0) is 15.2. The molecule has 1 heterocycles. The highest BCUT2D eigenvalue weighted by molar-refractivity contribution is 7.84. The van der Waals surface area contributed by atoms with Crippen LogP contribution in [0.3, 0.4) is 0 Å². The first-order valence-electron chi connectivity index (χ1n) is 6.92. The van der Waals surface area contributed by atoms with E-state index in [1.807, 2.05) is 38.1 Å². The van der Waals surface area contributed by atoms with Gasteiger partial charge in [-0.05, 0) is 37.1 Å². The molecule has 0 spiro atoms. The predicted octanol–water partition coefficient (Wildman–Crippen LogP) is 3.04. The van der Waals surface area contributed by atoms with Gasteiger partial charge < -0.3 is 9.73 Å². The average Bonchev–Trinajstić information content (AvgIpc) is 2.93. The zero-order valence-corrected chi connectivity index (χ0v) is 13.0. The van der Waals surface area contributed by atoms with Crippen LogP contribution < -0.4 is 5.32 Å². The van der Waals surface area contributed by atoms with Crippen LogP contribution >= 0.6 is 0 Å². The number of furan rings is 1. The van der Waals surface area contributed by atoms with E-state index in [1.165, 1.54) is 0 Å². The van der Waals surface area contributed by atoms with Gasteiger partial charge in [-0.15, -0.1) is 0 Å². The third-order valence-corrected chi connectivity index (χ3v) is 4.53. The number of hydrogen-bond donors (Lipinski definition) is 1. The number of aryl methyl sites for hydroxylation is 1. The maximum Gasteiger partial charge on any atom is 0.286 e. The lowest BCUT2D eigenvalue weighted by atomic mass is 10.2. The summed E-state index contributed by atoms with van der Waals surface area (Å²) in [4.78, 5) is 12.5. The fourth-order valence-corrected chi connectivity index (χ4v) is 3.15. The van der Waals surface area contributed by atoms with Crippen LogP contribution in [0.1, 0.15) is 35.2 Å². The van der Waals surface area contributed by atoms with E-state index in [0.717, 1.165) is 16.9 Å². The number of rotatable bonds is 6. The summed E-state index contributed by atoms with van der Waals surface area (Å²) in [5, 5.41) is 2.75. The zero-order valence-electron chi connectivity index (χ0n) is 12.2. The van der Waals surface area contributed by atoms with E-state index < -0.39 is 10.8 Å². The second kappa shape index (κ2) is 7.22. The van der Waals surface area contributed by atoms with Crippen LogP contribution in [0.5, 0.6) is 0 Å². The molecule has 0 saturated carbocycles. The minimum atomic E-state index is -1.18. The Morgan fingerprint density at radius 1 is 1.24 bits per heavy atom. The average molecular weight is 305 g/mol. The summed E-state index contributed by atoms with van der Waals surface area (Å²) in [6.45, 7) is 4.53. The summed E-state index contributed by atoms with van der Waals surface area (Å²) < 4.78 is 17.8. The van der Waals surface area contributed by atoms with Crippen LogP contribution in [0.15, 0.2) is 45.7 Å². The molecular formula is C16H19NO3S. The van der Waals surface area contributed by atoms with E-state index in [-0.39, 0.29) is 17.4 Å². The number of nitrogens with one attached hydrogen (secondary N) is 1. The SMILES string of the molecule is CCCNC(=O)c1ccc(C[S@@](=O)c2ccccc2C)o1. The lowest BCUT2D eigenvalue weighted by Crippen LogP contribution is -2.23. The van der Waals surface area contributed by atoms with Crippen LogP contribution in [0.2, 0.25) is 0 Å².